The number of carbonyl (C=O) groups is 3. The maximum absolute atomic E-state index is 12.7. The Morgan fingerprint density at radius 1 is 0.975 bits per heavy atom. The molecule has 0 saturated heterocycles. The summed E-state index contributed by atoms with van der Waals surface area (Å²) in [6.45, 7) is 0.197. The average Bonchev–Trinajstić information content (AvgIpc) is 3.56. The molecule has 2 unspecified atom stereocenters. The van der Waals surface area contributed by atoms with Crippen LogP contribution in [-0.2, 0) is 9.59 Å². The van der Waals surface area contributed by atoms with Crippen molar-refractivity contribution in [3.05, 3.63) is 104 Å². The number of thiophene rings is 1. The fourth-order valence-electron chi connectivity index (χ4n) is 4.86. The number of likely N-dealkylation sites (N-methyl/N-ethyl adjacent to an activating group) is 1. The molecule has 0 fully saturated rings. The van der Waals surface area contributed by atoms with Crippen LogP contribution in [0.4, 0.5) is 5.69 Å². The van der Waals surface area contributed by atoms with E-state index in [-0.39, 0.29) is 48.1 Å². The number of halogens is 1. The average molecular weight is 668 g/mol. The molecule has 10 heteroatoms. The molecule has 2 atom stereocenters. The lowest BCUT2D eigenvalue weighted by atomic mass is 9.91. The van der Waals surface area contributed by atoms with Crippen molar-refractivity contribution in [3.8, 4) is 11.1 Å². The number of anilines is 1. The number of hydrogen-bond acceptors (Lipinski definition) is 6. The molecule has 40 heavy (non-hydrogen) atoms. The Hall–Kier alpha value is -3.90. The van der Waals surface area contributed by atoms with E-state index in [0.29, 0.717) is 11.3 Å². The van der Waals surface area contributed by atoms with Gasteiger partial charge in [0.15, 0.2) is 0 Å². The number of carbonyl (C=O) groups excluding carboxylic acids is 2. The third kappa shape index (κ3) is 5.68. The summed E-state index contributed by atoms with van der Waals surface area (Å²) >= 11 is 3.85. The second-order valence-corrected chi connectivity index (χ2v) is 11.4. The van der Waals surface area contributed by atoms with Crippen LogP contribution in [0.1, 0.15) is 22.3 Å². The molecule has 0 bridgehead atoms. The first-order chi connectivity index (χ1) is 19.2. The molecule has 204 valence electrons. The molecule has 2 aliphatic rings. The van der Waals surface area contributed by atoms with Crippen molar-refractivity contribution in [2.45, 2.75) is 12.5 Å². The van der Waals surface area contributed by atoms with Gasteiger partial charge in [0, 0.05) is 40.8 Å². The number of aliphatic hydroxyl groups excluding tert-OH is 1. The summed E-state index contributed by atoms with van der Waals surface area (Å²) in [5.41, 5.74) is 5.08. The highest BCUT2D eigenvalue weighted by Gasteiger charge is 2.40. The van der Waals surface area contributed by atoms with Gasteiger partial charge in [-0.1, -0.05) is 30.3 Å². The van der Waals surface area contributed by atoms with Gasteiger partial charge in [0.1, 0.15) is 5.76 Å². The van der Waals surface area contributed by atoms with Crippen molar-refractivity contribution in [1.29, 1.82) is 0 Å². The Balaban J connectivity index is 1.16. The van der Waals surface area contributed by atoms with Gasteiger partial charge in [0.2, 0.25) is 5.91 Å². The third-order valence-corrected chi connectivity index (χ3v) is 8.86. The number of rotatable bonds is 8. The third-order valence-electron chi connectivity index (χ3n) is 6.95. The summed E-state index contributed by atoms with van der Waals surface area (Å²) in [6, 6.07) is 16.6. The number of nitrogens with zero attached hydrogens (tertiary/aromatic N) is 1. The Bertz CT molecular complexity index is 1540. The predicted molar refractivity (Wildman–Crippen MR) is 164 cm³/mol. The molecular formula is C30H26IN3O5S. The summed E-state index contributed by atoms with van der Waals surface area (Å²) in [4.78, 5) is 38.5. The number of aliphatic hydroxyl groups is 1. The number of amides is 2. The molecule has 0 radical (unpaired) electrons. The Morgan fingerprint density at radius 3 is 2.33 bits per heavy atom. The Morgan fingerprint density at radius 2 is 1.68 bits per heavy atom. The van der Waals surface area contributed by atoms with Crippen LogP contribution in [0.15, 0.2) is 92.4 Å². The van der Waals surface area contributed by atoms with Crippen LogP contribution in [0.25, 0.3) is 16.8 Å². The highest BCUT2D eigenvalue weighted by atomic mass is 127. The van der Waals surface area contributed by atoms with Crippen molar-refractivity contribution in [2.75, 3.05) is 18.9 Å². The molecule has 0 saturated carbocycles. The van der Waals surface area contributed by atoms with E-state index in [0.717, 1.165) is 26.0 Å². The molecule has 3 aromatic rings. The number of fused-ring (bicyclic) bond motifs is 1. The van der Waals surface area contributed by atoms with Crippen molar-refractivity contribution < 1.29 is 24.6 Å². The number of benzene rings is 2. The fraction of sp³-hybridized carbons (Fsp3) is 0.167. The Kier molecular flexibility index (Phi) is 8.08. The van der Waals surface area contributed by atoms with Crippen molar-refractivity contribution in [2.24, 2.45) is 5.92 Å². The van der Waals surface area contributed by atoms with E-state index in [1.807, 2.05) is 59.8 Å². The van der Waals surface area contributed by atoms with Gasteiger partial charge in [-0.3, -0.25) is 9.59 Å². The normalized spacial score (nSPS) is 18.1. The molecule has 1 aliphatic carbocycles. The minimum Gasteiger partial charge on any atom is -0.507 e. The second kappa shape index (κ2) is 11.7. The van der Waals surface area contributed by atoms with Gasteiger partial charge in [-0.15, -0.1) is 0 Å². The number of carboxylic acid groups (broad SMARTS) is 1. The molecular weight excluding hydrogens is 641 g/mol. The van der Waals surface area contributed by atoms with Crippen LogP contribution in [0, 0.1) is 5.92 Å². The van der Waals surface area contributed by atoms with Crippen LogP contribution in [0.3, 0.4) is 0 Å². The molecule has 8 nitrogen and oxygen atoms in total. The summed E-state index contributed by atoms with van der Waals surface area (Å²) < 4.78 is 0.955. The van der Waals surface area contributed by atoms with Crippen LogP contribution in [0.2, 0.25) is 0 Å². The first kappa shape index (κ1) is 27.7. The van der Waals surface area contributed by atoms with Gasteiger partial charge in [0.05, 0.1) is 17.3 Å². The fourth-order valence-corrected chi connectivity index (χ4v) is 6.77. The second-order valence-electron chi connectivity index (χ2n) is 9.48. The SMILES string of the molecule is CN1C(c2ccc(C(=O)NCCC(=O)Nc3ccc(-c4ccsc4)cc3)cc2)=C(I)C2C=C(C(=O)O)C(O)=CC21. The lowest BCUT2D eigenvalue weighted by molar-refractivity contribution is -0.132. The monoisotopic (exact) mass is 667 g/mol. The van der Waals surface area contributed by atoms with Crippen molar-refractivity contribution >= 4 is 63.1 Å². The molecule has 1 aliphatic heterocycles. The highest BCUT2D eigenvalue weighted by Crippen LogP contribution is 2.46. The highest BCUT2D eigenvalue weighted by molar-refractivity contribution is 14.1. The van der Waals surface area contributed by atoms with E-state index in [4.69, 9.17) is 0 Å². The minimum atomic E-state index is -1.16. The number of nitrogens with one attached hydrogen (secondary N) is 2. The van der Waals surface area contributed by atoms with Crippen molar-refractivity contribution in [1.82, 2.24) is 10.2 Å². The van der Waals surface area contributed by atoms with E-state index in [1.54, 1.807) is 35.6 Å². The molecule has 5 rings (SSSR count). The standard InChI is InChI=1S/C30H26IN3O5S/c1-34-24-15-25(35)23(30(38)39)14-22(24)27(31)28(34)18-2-4-19(5-3-18)29(37)32-12-10-26(36)33-21-8-6-17(7-9-21)20-11-13-40-16-20/h2-9,11,13-16,22,24,35H,10,12H2,1H3,(H,32,37)(H,33,36)(H,38,39). The van der Waals surface area contributed by atoms with Gasteiger partial charge in [0.25, 0.3) is 5.91 Å². The predicted octanol–water partition coefficient (Wildman–Crippen LogP) is 5.67. The number of aliphatic carboxylic acids is 1. The molecule has 2 amide bonds. The largest absolute Gasteiger partial charge is 0.507 e. The van der Waals surface area contributed by atoms with Crippen LogP contribution < -0.4 is 10.6 Å². The van der Waals surface area contributed by atoms with Gasteiger partial charge in [-0.25, -0.2) is 4.79 Å². The van der Waals surface area contributed by atoms with Gasteiger partial charge < -0.3 is 25.7 Å². The van der Waals surface area contributed by atoms with Gasteiger partial charge in [-0.2, -0.15) is 11.3 Å². The lowest BCUT2D eigenvalue weighted by Gasteiger charge is -2.28. The van der Waals surface area contributed by atoms with E-state index in [2.05, 4.69) is 38.6 Å². The van der Waals surface area contributed by atoms with Crippen LogP contribution in [0.5, 0.6) is 0 Å². The van der Waals surface area contributed by atoms with Crippen molar-refractivity contribution in [3.63, 3.8) is 0 Å². The molecule has 0 spiro atoms. The summed E-state index contributed by atoms with van der Waals surface area (Å²) in [5, 5.41) is 29.3. The molecule has 4 N–H and O–H groups in total. The summed E-state index contributed by atoms with van der Waals surface area (Å²) in [5.74, 6) is -2.05. The van der Waals surface area contributed by atoms with E-state index < -0.39 is 5.97 Å². The van der Waals surface area contributed by atoms with E-state index >= 15 is 0 Å². The molecule has 1 aromatic heterocycles. The zero-order valence-corrected chi connectivity index (χ0v) is 24.4. The van der Waals surface area contributed by atoms with E-state index in [9.17, 15) is 24.6 Å². The molecule has 2 aromatic carbocycles. The summed E-state index contributed by atoms with van der Waals surface area (Å²) in [6.07, 6.45) is 3.30. The smallest absolute Gasteiger partial charge is 0.339 e. The lowest BCUT2D eigenvalue weighted by Crippen LogP contribution is -2.31. The zero-order valence-electron chi connectivity index (χ0n) is 21.4. The Labute approximate surface area is 248 Å². The van der Waals surface area contributed by atoms with Crippen LogP contribution >= 0.6 is 33.9 Å². The number of hydrogen-bond donors (Lipinski definition) is 4. The zero-order chi connectivity index (χ0) is 28.4. The number of carboxylic acids is 1. The topological polar surface area (TPSA) is 119 Å². The van der Waals surface area contributed by atoms with Gasteiger partial charge >= 0.3 is 5.97 Å². The molecule has 2 heterocycles. The summed E-state index contributed by atoms with van der Waals surface area (Å²) in [7, 11) is 1.89. The maximum atomic E-state index is 12.7. The van der Waals surface area contributed by atoms with Crippen LogP contribution in [-0.4, -0.2) is 52.5 Å². The maximum Gasteiger partial charge on any atom is 0.339 e. The quantitative estimate of drug-likeness (QED) is 0.230. The first-order valence-corrected chi connectivity index (χ1v) is 14.5. The van der Waals surface area contributed by atoms with E-state index in [1.165, 1.54) is 0 Å². The van der Waals surface area contributed by atoms with Gasteiger partial charge in [-0.05, 0) is 86.4 Å². The minimum absolute atomic E-state index is 0.0993. The first-order valence-electron chi connectivity index (χ1n) is 12.5.